The molecule has 1 N–H and O–H groups in total. The maximum Gasteiger partial charge on any atom is 0.161 e. The number of nitrogens with zero attached hydrogens (tertiary/aromatic N) is 2. The van der Waals surface area contributed by atoms with Crippen LogP contribution < -0.4 is 0 Å². The lowest BCUT2D eigenvalue weighted by Crippen LogP contribution is -2.03. The van der Waals surface area contributed by atoms with Gasteiger partial charge in [0.15, 0.2) is 11.7 Å². The Balaban J connectivity index is 1.55. The second-order valence-corrected chi connectivity index (χ2v) is 6.83. The molecule has 0 saturated heterocycles. The Kier molecular flexibility index (Phi) is 5.72. The third kappa shape index (κ3) is 4.31. The molecule has 4 aromatic carbocycles. The molecule has 3 heteroatoms. The number of benzene rings is 4. The Morgan fingerprint density at radius 2 is 0.933 bits per heavy atom. The van der Waals surface area contributed by atoms with Gasteiger partial charge in [-0.1, -0.05) is 109 Å². The summed E-state index contributed by atoms with van der Waals surface area (Å²) in [6.45, 7) is 3.64. The first kappa shape index (κ1) is 19.2. The topological polar surface area (TPSA) is 48.6 Å². The van der Waals surface area contributed by atoms with E-state index in [2.05, 4.69) is 41.0 Å². The fraction of sp³-hybridized carbons (Fsp3) is 0. The summed E-state index contributed by atoms with van der Waals surface area (Å²) >= 11 is 0. The number of nitrogens with one attached hydrogen (secondary N) is 1. The van der Waals surface area contributed by atoms with Gasteiger partial charge in [-0.2, -0.15) is 0 Å². The van der Waals surface area contributed by atoms with Crippen molar-refractivity contribution in [1.82, 2.24) is 0 Å². The van der Waals surface area contributed by atoms with Crippen LogP contribution in [0.15, 0.2) is 119 Å². The van der Waals surface area contributed by atoms with Gasteiger partial charge in [-0.15, -0.1) is 0 Å². The average molecular weight is 387 g/mol. The first-order chi connectivity index (χ1) is 14.7. The normalized spacial score (nSPS) is 11.1. The highest BCUT2D eigenvalue weighted by Gasteiger charge is 2.07. The van der Waals surface area contributed by atoms with E-state index in [0.717, 1.165) is 33.4 Å². The molecule has 144 valence electrons. The van der Waals surface area contributed by atoms with Crippen molar-refractivity contribution in [3.05, 3.63) is 120 Å². The van der Waals surface area contributed by atoms with Gasteiger partial charge in [0.25, 0.3) is 0 Å². The van der Waals surface area contributed by atoms with Crippen LogP contribution in [0.5, 0.6) is 0 Å². The van der Waals surface area contributed by atoms with E-state index in [-0.39, 0.29) is 5.84 Å². The van der Waals surface area contributed by atoms with Crippen LogP contribution in [0.1, 0.15) is 11.1 Å². The van der Waals surface area contributed by atoms with Gasteiger partial charge in [0, 0.05) is 11.1 Å². The number of rotatable bonds is 4. The Morgan fingerprint density at radius 3 is 1.37 bits per heavy atom. The Bertz CT molecular complexity index is 1170. The van der Waals surface area contributed by atoms with Gasteiger partial charge in [0.05, 0.1) is 0 Å². The molecular weight excluding hydrogens is 366 g/mol. The third-order valence-electron chi connectivity index (χ3n) is 4.88. The summed E-state index contributed by atoms with van der Waals surface area (Å²) in [5.74, 6) is 0.593. The molecule has 0 aliphatic heterocycles. The summed E-state index contributed by atoms with van der Waals surface area (Å²) in [6.07, 6.45) is 0. The maximum atomic E-state index is 8.39. The lowest BCUT2D eigenvalue weighted by atomic mass is 10.0. The van der Waals surface area contributed by atoms with Crippen LogP contribution in [0.25, 0.3) is 22.3 Å². The van der Waals surface area contributed by atoms with Crippen molar-refractivity contribution in [1.29, 1.82) is 5.41 Å². The van der Waals surface area contributed by atoms with Crippen LogP contribution in [0.3, 0.4) is 0 Å². The quantitative estimate of drug-likeness (QED) is 0.307. The zero-order valence-electron chi connectivity index (χ0n) is 16.5. The molecule has 0 amide bonds. The summed E-state index contributed by atoms with van der Waals surface area (Å²) in [7, 11) is 0. The number of hydrogen-bond donors (Lipinski definition) is 1. The van der Waals surface area contributed by atoms with E-state index in [0.29, 0.717) is 5.84 Å². The molecule has 4 aromatic rings. The van der Waals surface area contributed by atoms with Crippen molar-refractivity contribution in [2.75, 3.05) is 0 Å². The second-order valence-electron chi connectivity index (χ2n) is 6.83. The average Bonchev–Trinajstić information content (AvgIpc) is 2.84. The standard InChI is InChI=1S/C27H21N3/c1-29-27(25-18-14-23(15-19-25)21-10-6-3-7-11-21)30-26(28)24-16-12-22(13-17-24)20-8-4-2-5-9-20/h2-19,28H,1H2. The molecule has 0 spiro atoms. The van der Waals surface area contributed by atoms with Gasteiger partial charge in [0.2, 0.25) is 0 Å². The molecule has 0 radical (unpaired) electrons. The van der Waals surface area contributed by atoms with Gasteiger partial charge in [-0.25, -0.2) is 9.98 Å². The molecule has 3 nitrogen and oxygen atoms in total. The van der Waals surface area contributed by atoms with Crippen molar-refractivity contribution in [2.45, 2.75) is 0 Å². The van der Waals surface area contributed by atoms with Crippen LogP contribution in [0.4, 0.5) is 0 Å². The second kappa shape index (κ2) is 8.93. The van der Waals surface area contributed by atoms with Crippen molar-refractivity contribution in [3.8, 4) is 22.3 Å². The Labute approximate surface area is 176 Å². The molecule has 0 unspecified atom stereocenters. The number of aliphatic imine (C=N–C) groups is 2. The van der Waals surface area contributed by atoms with E-state index in [1.54, 1.807) is 0 Å². The first-order valence-electron chi connectivity index (χ1n) is 9.70. The molecule has 0 fully saturated rings. The van der Waals surface area contributed by atoms with E-state index < -0.39 is 0 Å². The van der Waals surface area contributed by atoms with Gasteiger partial charge < -0.3 is 0 Å². The summed E-state index contributed by atoms with van der Waals surface area (Å²) < 4.78 is 0. The predicted octanol–water partition coefficient (Wildman–Crippen LogP) is 6.49. The van der Waals surface area contributed by atoms with Gasteiger partial charge in [-0.05, 0) is 29.0 Å². The molecule has 4 rings (SSSR count). The molecule has 0 saturated carbocycles. The van der Waals surface area contributed by atoms with Crippen molar-refractivity contribution in [3.63, 3.8) is 0 Å². The summed E-state index contributed by atoms with van der Waals surface area (Å²) in [6, 6.07) is 36.2. The van der Waals surface area contributed by atoms with Gasteiger partial charge in [0.1, 0.15) is 0 Å². The monoisotopic (exact) mass is 387 g/mol. The highest BCUT2D eigenvalue weighted by Crippen LogP contribution is 2.21. The van der Waals surface area contributed by atoms with Crippen LogP contribution in [0, 0.1) is 5.41 Å². The molecule has 0 aromatic heterocycles. The molecule has 0 aliphatic rings. The predicted molar refractivity (Wildman–Crippen MR) is 127 cm³/mol. The van der Waals surface area contributed by atoms with E-state index in [9.17, 15) is 0 Å². The SMILES string of the molecule is C=NC(=NC(=N)c1ccc(-c2ccccc2)cc1)c1ccc(-c2ccccc2)cc1. The first-order valence-corrected chi connectivity index (χ1v) is 9.70. The molecule has 0 bridgehead atoms. The fourth-order valence-corrected chi connectivity index (χ4v) is 3.26. The lowest BCUT2D eigenvalue weighted by Gasteiger charge is -2.06. The van der Waals surface area contributed by atoms with Crippen molar-refractivity contribution >= 4 is 18.4 Å². The zero-order valence-corrected chi connectivity index (χ0v) is 16.5. The van der Waals surface area contributed by atoms with E-state index in [4.69, 9.17) is 5.41 Å². The van der Waals surface area contributed by atoms with Crippen LogP contribution >= 0.6 is 0 Å². The van der Waals surface area contributed by atoms with Crippen molar-refractivity contribution in [2.24, 2.45) is 9.98 Å². The molecule has 0 atom stereocenters. The highest BCUT2D eigenvalue weighted by molar-refractivity contribution is 6.11. The molecular formula is C27H21N3. The fourth-order valence-electron chi connectivity index (χ4n) is 3.26. The largest absolute Gasteiger partial charge is 0.282 e. The zero-order chi connectivity index (χ0) is 20.8. The molecule has 30 heavy (non-hydrogen) atoms. The summed E-state index contributed by atoms with van der Waals surface area (Å²) in [5, 5.41) is 8.39. The number of amidine groups is 2. The molecule has 0 heterocycles. The van der Waals surface area contributed by atoms with Gasteiger partial charge in [-0.3, -0.25) is 5.41 Å². The minimum atomic E-state index is 0.157. The summed E-state index contributed by atoms with van der Waals surface area (Å²) in [4.78, 5) is 8.46. The van der Waals surface area contributed by atoms with Crippen LogP contribution in [-0.4, -0.2) is 18.4 Å². The van der Waals surface area contributed by atoms with E-state index in [1.165, 1.54) is 0 Å². The third-order valence-corrected chi connectivity index (χ3v) is 4.88. The number of hydrogen-bond acceptors (Lipinski definition) is 1. The smallest absolute Gasteiger partial charge is 0.161 e. The summed E-state index contributed by atoms with van der Waals surface area (Å²) in [5.41, 5.74) is 6.09. The van der Waals surface area contributed by atoms with E-state index >= 15 is 0 Å². The maximum absolute atomic E-state index is 8.39. The van der Waals surface area contributed by atoms with Crippen LogP contribution in [0.2, 0.25) is 0 Å². The minimum absolute atomic E-state index is 0.157. The minimum Gasteiger partial charge on any atom is -0.282 e. The highest BCUT2D eigenvalue weighted by atomic mass is 14.9. The Morgan fingerprint density at radius 1 is 0.533 bits per heavy atom. The molecule has 0 aliphatic carbocycles. The Hall–Kier alpha value is -4.11. The van der Waals surface area contributed by atoms with E-state index in [1.807, 2.05) is 84.9 Å². The lowest BCUT2D eigenvalue weighted by molar-refractivity contribution is 1.40. The van der Waals surface area contributed by atoms with Gasteiger partial charge >= 0.3 is 0 Å². The van der Waals surface area contributed by atoms with Crippen LogP contribution in [-0.2, 0) is 0 Å². The van der Waals surface area contributed by atoms with Crippen molar-refractivity contribution < 1.29 is 0 Å².